The van der Waals surface area contributed by atoms with Gasteiger partial charge in [-0.15, -0.1) is 0 Å². The Kier molecular flexibility index (Phi) is 2.97. The monoisotopic (exact) mass is 310 g/mol. The Balaban J connectivity index is 1.93. The molecule has 0 spiro atoms. The summed E-state index contributed by atoms with van der Waals surface area (Å²) in [4.78, 5) is 12.2. The molecule has 1 saturated carbocycles. The van der Waals surface area contributed by atoms with Crippen molar-refractivity contribution >= 4 is 42.2 Å². The molecular formula is C15H16Cl2OSi. The molecule has 3 rings (SSSR count). The number of alkyl halides is 2. The minimum Gasteiger partial charge on any atom is -0.296 e. The van der Waals surface area contributed by atoms with Gasteiger partial charge in [0.1, 0.15) is 0 Å². The predicted octanol–water partition coefficient (Wildman–Crippen LogP) is 3.53. The van der Waals surface area contributed by atoms with Crippen LogP contribution in [0, 0.1) is 11.8 Å². The molecule has 1 aromatic carbocycles. The predicted molar refractivity (Wildman–Crippen MR) is 82.9 cm³/mol. The molecule has 2 aliphatic carbocycles. The number of halogens is 2. The third-order valence-corrected chi connectivity index (χ3v) is 9.62. The molecule has 4 heteroatoms. The number of fused-ring (bicyclic) bond motifs is 1. The molecule has 19 heavy (non-hydrogen) atoms. The Hall–Kier alpha value is -0.573. The zero-order valence-corrected chi connectivity index (χ0v) is 13.4. The van der Waals surface area contributed by atoms with Gasteiger partial charge in [-0.05, 0) is 5.54 Å². The number of benzene rings is 1. The summed E-state index contributed by atoms with van der Waals surface area (Å²) in [6.07, 6.45) is 4.23. The number of ketones is 1. The molecule has 2 aliphatic rings. The molecule has 0 radical (unpaired) electrons. The van der Waals surface area contributed by atoms with Crippen LogP contribution in [0.5, 0.6) is 0 Å². The van der Waals surface area contributed by atoms with Crippen LogP contribution >= 0.6 is 23.2 Å². The van der Waals surface area contributed by atoms with Crippen LogP contribution in [0.25, 0.3) is 0 Å². The molecule has 0 N–H and O–H groups in total. The minimum absolute atomic E-state index is 0.00290. The summed E-state index contributed by atoms with van der Waals surface area (Å²) in [7, 11) is -1.73. The smallest absolute Gasteiger partial charge is 0.183 e. The number of Topliss-reactive ketones (excluding diaryl/α,β-unsaturated/α-hetero) is 1. The molecule has 1 fully saturated rings. The van der Waals surface area contributed by atoms with Gasteiger partial charge >= 0.3 is 0 Å². The van der Waals surface area contributed by atoms with Crippen molar-refractivity contribution in [2.24, 2.45) is 11.8 Å². The van der Waals surface area contributed by atoms with Crippen molar-refractivity contribution in [3.8, 4) is 0 Å². The lowest BCUT2D eigenvalue weighted by molar-refractivity contribution is -0.132. The summed E-state index contributed by atoms with van der Waals surface area (Å²) >= 11 is 12.2. The summed E-state index contributed by atoms with van der Waals surface area (Å²) in [6.45, 7) is 4.63. The van der Waals surface area contributed by atoms with E-state index in [4.69, 9.17) is 23.2 Å². The topological polar surface area (TPSA) is 17.1 Å². The Bertz CT molecular complexity index is 551. The fourth-order valence-electron chi connectivity index (χ4n) is 3.41. The van der Waals surface area contributed by atoms with Gasteiger partial charge in [0.05, 0.1) is 8.07 Å². The van der Waals surface area contributed by atoms with E-state index in [-0.39, 0.29) is 17.6 Å². The molecule has 0 bridgehead atoms. The maximum Gasteiger partial charge on any atom is 0.183 e. The summed E-state index contributed by atoms with van der Waals surface area (Å²) in [5.74, 6) is 0.00744. The fourth-order valence-corrected chi connectivity index (χ4v) is 7.37. The van der Waals surface area contributed by atoms with Crippen molar-refractivity contribution in [3.63, 3.8) is 0 Å². The quantitative estimate of drug-likeness (QED) is 0.464. The first-order valence-corrected chi connectivity index (χ1v) is 10.4. The van der Waals surface area contributed by atoms with Gasteiger partial charge in [-0.2, -0.15) is 0 Å². The Morgan fingerprint density at radius 3 is 2.37 bits per heavy atom. The Labute approximate surface area is 124 Å². The molecule has 0 unspecified atom stereocenters. The van der Waals surface area contributed by atoms with Crippen molar-refractivity contribution in [2.45, 2.75) is 23.0 Å². The highest BCUT2D eigenvalue weighted by molar-refractivity contribution is 6.91. The van der Waals surface area contributed by atoms with Crippen molar-refractivity contribution in [2.75, 3.05) is 0 Å². The van der Waals surface area contributed by atoms with Crippen molar-refractivity contribution < 1.29 is 4.79 Å². The first-order valence-electron chi connectivity index (χ1n) is 6.53. The third kappa shape index (κ3) is 1.77. The van der Waals surface area contributed by atoms with Gasteiger partial charge in [0, 0.05) is 11.8 Å². The van der Waals surface area contributed by atoms with Gasteiger partial charge in [-0.25, -0.2) is 0 Å². The van der Waals surface area contributed by atoms with E-state index in [9.17, 15) is 4.79 Å². The molecule has 100 valence electrons. The van der Waals surface area contributed by atoms with E-state index in [1.807, 2.05) is 6.07 Å². The maximum atomic E-state index is 12.2. The molecule has 3 atom stereocenters. The van der Waals surface area contributed by atoms with Gasteiger partial charge < -0.3 is 0 Å². The maximum absolute atomic E-state index is 12.2. The highest BCUT2D eigenvalue weighted by Crippen LogP contribution is 2.59. The molecule has 0 aliphatic heterocycles. The summed E-state index contributed by atoms with van der Waals surface area (Å²) in [5.41, 5.74) is 0.304. The average Bonchev–Trinajstić information content (AvgIpc) is 2.83. The molecule has 0 heterocycles. The van der Waals surface area contributed by atoms with E-state index in [1.54, 1.807) is 0 Å². The van der Waals surface area contributed by atoms with Crippen LogP contribution in [0.4, 0.5) is 0 Å². The summed E-state index contributed by atoms with van der Waals surface area (Å²) in [5, 5.41) is 1.37. The Morgan fingerprint density at radius 1 is 1.11 bits per heavy atom. The zero-order chi connectivity index (χ0) is 13.8. The minimum atomic E-state index is -1.73. The van der Waals surface area contributed by atoms with E-state index < -0.39 is 12.4 Å². The van der Waals surface area contributed by atoms with Gasteiger partial charge in [0.25, 0.3) is 0 Å². The number of carbonyl (C=O) groups is 1. The molecule has 0 aromatic heterocycles. The normalized spacial score (nSPS) is 32.0. The SMILES string of the molecule is C[Si](C)(c1ccccc1)[C@H]1C=C[C@H]2[C@@H]1C(=O)C2(Cl)Cl. The van der Waals surface area contributed by atoms with Crippen LogP contribution in [0.15, 0.2) is 42.5 Å². The van der Waals surface area contributed by atoms with Crippen LogP contribution < -0.4 is 5.19 Å². The zero-order valence-electron chi connectivity index (χ0n) is 10.9. The second-order valence-corrected chi connectivity index (χ2v) is 12.1. The van der Waals surface area contributed by atoms with Crippen LogP contribution in [0.1, 0.15) is 0 Å². The molecule has 1 nitrogen and oxygen atoms in total. The van der Waals surface area contributed by atoms with E-state index in [0.717, 1.165) is 0 Å². The third-order valence-electron chi connectivity index (χ3n) is 4.70. The van der Waals surface area contributed by atoms with Crippen molar-refractivity contribution in [1.29, 1.82) is 0 Å². The number of hydrogen-bond donors (Lipinski definition) is 0. The van der Waals surface area contributed by atoms with Gasteiger partial charge in [-0.1, -0.05) is 84.0 Å². The second kappa shape index (κ2) is 4.21. The van der Waals surface area contributed by atoms with Gasteiger partial charge in [0.15, 0.2) is 10.1 Å². The fraction of sp³-hybridized carbons (Fsp3) is 0.400. The van der Waals surface area contributed by atoms with E-state index in [0.29, 0.717) is 5.54 Å². The van der Waals surface area contributed by atoms with Crippen LogP contribution in [0.3, 0.4) is 0 Å². The summed E-state index contributed by atoms with van der Waals surface area (Å²) < 4.78 is -1.18. The Morgan fingerprint density at radius 2 is 1.74 bits per heavy atom. The average molecular weight is 311 g/mol. The first-order chi connectivity index (χ1) is 8.87. The van der Waals surface area contributed by atoms with Crippen LogP contribution in [-0.4, -0.2) is 18.2 Å². The lowest BCUT2D eigenvalue weighted by Gasteiger charge is -2.46. The van der Waals surface area contributed by atoms with E-state index in [2.05, 4.69) is 49.5 Å². The highest BCUT2D eigenvalue weighted by Gasteiger charge is 2.65. The number of carbonyl (C=O) groups excluding carboxylic acids is 1. The largest absolute Gasteiger partial charge is 0.296 e. The van der Waals surface area contributed by atoms with E-state index in [1.165, 1.54) is 5.19 Å². The highest BCUT2D eigenvalue weighted by atomic mass is 35.5. The number of hydrogen-bond acceptors (Lipinski definition) is 1. The molecule has 0 amide bonds. The van der Waals surface area contributed by atoms with Gasteiger partial charge in [0.2, 0.25) is 0 Å². The molecule has 0 saturated heterocycles. The summed E-state index contributed by atoms with van der Waals surface area (Å²) in [6, 6.07) is 10.5. The van der Waals surface area contributed by atoms with Crippen molar-refractivity contribution in [3.05, 3.63) is 42.5 Å². The standard InChI is InChI=1S/C15H16Cl2OSi/c1-19(2,10-6-4-3-5-7-10)12-9-8-11-13(12)14(18)15(11,16)17/h3-9,11-13H,1-2H3/t11-,12-,13-/m0/s1. The van der Waals surface area contributed by atoms with Crippen LogP contribution in [0.2, 0.25) is 18.6 Å². The number of allylic oxidation sites excluding steroid dienone is 2. The number of rotatable bonds is 2. The lowest BCUT2D eigenvalue weighted by atomic mass is 9.73. The van der Waals surface area contributed by atoms with Gasteiger partial charge in [-0.3, -0.25) is 4.79 Å². The van der Waals surface area contributed by atoms with Crippen LogP contribution in [-0.2, 0) is 4.79 Å². The lowest BCUT2D eigenvalue weighted by Crippen LogP contribution is -2.59. The molecule has 1 aromatic rings. The second-order valence-electron chi connectivity index (χ2n) is 6.04. The first kappa shape index (κ1) is 13.4. The van der Waals surface area contributed by atoms with Crippen molar-refractivity contribution in [1.82, 2.24) is 0 Å². The van der Waals surface area contributed by atoms with E-state index >= 15 is 0 Å². The molecular weight excluding hydrogens is 295 g/mol.